The molecule has 0 radical (unpaired) electrons. The first-order valence-corrected chi connectivity index (χ1v) is 4.51. The van der Waals surface area contributed by atoms with E-state index < -0.39 is 6.03 Å². The second-order valence-electron chi connectivity index (χ2n) is 2.92. The van der Waals surface area contributed by atoms with Gasteiger partial charge < -0.3 is 0 Å². The molecule has 2 amide bonds. The summed E-state index contributed by atoms with van der Waals surface area (Å²) in [5.74, 6) is -0.0496. The largest absolute Gasteiger partial charge is 0.366 e. The number of carbonyl (C=O) groups excluding carboxylic acids is 1. The van der Waals surface area contributed by atoms with Gasteiger partial charge in [0.05, 0.1) is 5.92 Å². The van der Waals surface area contributed by atoms with Gasteiger partial charge in [0, 0.05) is 17.5 Å². The number of benzene rings is 1. The molecule has 1 heterocycles. The van der Waals surface area contributed by atoms with Crippen LogP contribution in [0.5, 0.6) is 0 Å². The summed E-state index contributed by atoms with van der Waals surface area (Å²) >= 11 is 5.84. The molecular formula is C10H7ClN2O. The van der Waals surface area contributed by atoms with Crippen LogP contribution in [0.4, 0.5) is 4.79 Å². The third-order valence-corrected chi connectivity index (χ3v) is 2.16. The summed E-state index contributed by atoms with van der Waals surface area (Å²) in [5, 5.41) is 0.668. The zero-order valence-electron chi connectivity index (χ0n) is 7.22. The molecule has 70 valence electrons. The predicted molar refractivity (Wildman–Crippen MR) is 56.6 cm³/mol. The van der Waals surface area contributed by atoms with Crippen LogP contribution >= 0.6 is 11.6 Å². The molecule has 0 N–H and O–H groups in total. The molecule has 0 fully saturated rings. The Morgan fingerprint density at radius 1 is 1.21 bits per heavy atom. The van der Waals surface area contributed by atoms with Crippen LogP contribution in [-0.4, -0.2) is 18.5 Å². The molecule has 4 heteroatoms. The van der Waals surface area contributed by atoms with Gasteiger partial charge in [0.15, 0.2) is 0 Å². The van der Waals surface area contributed by atoms with E-state index in [0.29, 0.717) is 5.02 Å². The van der Waals surface area contributed by atoms with Crippen molar-refractivity contribution in [1.82, 2.24) is 0 Å². The van der Waals surface area contributed by atoms with Crippen LogP contribution < -0.4 is 0 Å². The zero-order valence-corrected chi connectivity index (χ0v) is 7.98. The Balaban J connectivity index is 2.29. The molecule has 1 aromatic rings. The number of hydrogen-bond acceptors (Lipinski definition) is 1. The van der Waals surface area contributed by atoms with E-state index in [2.05, 4.69) is 9.98 Å². The monoisotopic (exact) mass is 206 g/mol. The topological polar surface area (TPSA) is 41.8 Å². The molecular weight excluding hydrogens is 200 g/mol. The lowest BCUT2D eigenvalue weighted by molar-refractivity contribution is 0.257. The number of carbonyl (C=O) groups is 1. The summed E-state index contributed by atoms with van der Waals surface area (Å²) < 4.78 is 0. The van der Waals surface area contributed by atoms with Crippen molar-refractivity contribution in [2.45, 2.75) is 5.92 Å². The standard InChI is InChI=1S/C10H7ClN2O/c11-9-3-1-2-7(4-9)8-5-12-10(14)13-6-8/h1-6,8H. The highest BCUT2D eigenvalue weighted by Gasteiger charge is 2.11. The minimum Gasteiger partial charge on any atom is -0.244 e. The number of halogens is 1. The van der Waals surface area contributed by atoms with Gasteiger partial charge in [0.2, 0.25) is 0 Å². The van der Waals surface area contributed by atoms with Crippen LogP contribution in [0, 0.1) is 0 Å². The fourth-order valence-electron chi connectivity index (χ4n) is 1.25. The van der Waals surface area contributed by atoms with Gasteiger partial charge in [-0.05, 0) is 17.7 Å². The number of hydrogen-bond donors (Lipinski definition) is 0. The van der Waals surface area contributed by atoms with E-state index in [-0.39, 0.29) is 5.92 Å². The van der Waals surface area contributed by atoms with E-state index in [1.54, 1.807) is 18.5 Å². The van der Waals surface area contributed by atoms with Crippen LogP contribution in [0.15, 0.2) is 34.3 Å². The van der Waals surface area contributed by atoms with Gasteiger partial charge >= 0.3 is 6.03 Å². The fourth-order valence-corrected chi connectivity index (χ4v) is 1.44. The SMILES string of the molecule is O=C1N=CC(c2cccc(Cl)c2)C=N1. The first kappa shape index (κ1) is 9.09. The van der Waals surface area contributed by atoms with Gasteiger partial charge in [-0.3, -0.25) is 0 Å². The van der Waals surface area contributed by atoms with Crippen molar-refractivity contribution >= 4 is 30.1 Å². The molecule has 14 heavy (non-hydrogen) atoms. The summed E-state index contributed by atoms with van der Waals surface area (Å²) in [6.45, 7) is 0. The van der Waals surface area contributed by atoms with Gasteiger partial charge in [-0.2, -0.15) is 0 Å². The van der Waals surface area contributed by atoms with Crippen LogP contribution in [0.25, 0.3) is 0 Å². The van der Waals surface area contributed by atoms with E-state index in [4.69, 9.17) is 11.6 Å². The van der Waals surface area contributed by atoms with Crippen molar-refractivity contribution in [3.8, 4) is 0 Å². The summed E-state index contributed by atoms with van der Waals surface area (Å²) in [5.41, 5.74) is 0.984. The highest BCUT2D eigenvalue weighted by atomic mass is 35.5. The van der Waals surface area contributed by atoms with Crippen molar-refractivity contribution in [1.29, 1.82) is 0 Å². The molecule has 0 atom stereocenters. The van der Waals surface area contributed by atoms with Crippen molar-refractivity contribution in [2.24, 2.45) is 9.98 Å². The lowest BCUT2D eigenvalue weighted by atomic mass is 10.0. The molecule has 0 aliphatic carbocycles. The third-order valence-electron chi connectivity index (χ3n) is 1.92. The Kier molecular flexibility index (Phi) is 2.41. The molecule has 0 aromatic heterocycles. The van der Waals surface area contributed by atoms with E-state index in [1.807, 2.05) is 18.2 Å². The zero-order chi connectivity index (χ0) is 9.97. The van der Waals surface area contributed by atoms with Crippen LogP contribution in [0.2, 0.25) is 5.02 Å². The maximum atomic E-state index is 10.7. The number of nitrogens with zero attached hydrogens (tertiary/aromatic N) is 2. The van der Waals surface area contributed by atoms with Crippen molar-refractivity contribution in [2.75, 3.05) is 0 Å². The fraction of sp³-hybridized carbons (Fsp3) is 0.100. The smallest absolute Gasteiger partial charge is 0.244 e. The molecule has 0 saturated carbocycles. The van der Waals surface area contributed by atoms with Gasteiger partial charge in [0.25, 0.3) is 0 Å². The van der Waals surface area contributed by atoms with Gasteiger partial charge in [0.1, 0.15) is 0 Å². The van der Waals surface area contributed by atoms with Crippen molar-refractivity contribution < 1.29 is 4.79 Å². The van der Waals surface area contributed by atoms with E-state index >= 15 is 0 Å². The highest BCUT2D eigenvalue weighted by Crippen LogP contribution is 2.18. The molecule has 2 rings (SSSR count). The minimum atomic E-state index is -0.455. The maximum absolute atomic E-state index is 10.7. The van der Waals surface area contributed by atoms with Crippen molar-refractivity contribution in [3.63, 3.8) is 0 Å². The lowest BCUT2D eigenvalue weighted by Crippen LogP contribution is -2.08. The molecule has 0 spiro atoms. The van der Waals surface area contributed by atoms with Crippen LogP contribution in [0.3, 0.4) is 0 Å². The van der Waals surface area contributed by atoms with E-state index in [9.17, 15) is 4.79 Å². The van der Waals surface area contributed by atoms with Gasteiger partial charge in [-0.15, -0.1) is 0 Å². The number of aliphatic imine (C=N–C) groups is 2. The Bertz CT molecular complexity index is 410. The maximum Gasteiger partial charge on any atom is 0.366 e. The van der Waals surface area contributed by atoms with Gasteiger partial charge in [-0.1, -0.05) is 23.7 Å². The van der Waals surface area contributed by atoms with Gasteiger partial charge in [-0.25, -0.2) is 14.8 Å². The average molecular weight is 207 g/mol. The normalized spacial score (nSPS) is 16.2. The summed E-state index contributed by atoms with van der Waals surface area (Å²) in [4.78, 5) is 17.9. The third kappa shape index (κ3) is 1.88. The number of urea groups is 1. The molecule has 0 unspecified atom stereocenters. The summed E-state index contributed by atoms with van der Waals surface area (Å²) in [6.07, 6.45) is 3.14. The van der Waals surface area contributed by atoms with E-state index in [1.165, 1.54) is 0 Å². The van der Waals surface area contributed by atoms with E-state index in [0.717, 1.165) is 5.56 Å². The molecule has 1 aliphatic rings. The first-order chi connectivity index (χ1) is 6.75. The number of amides is 2. The Hall–Kier alpha value is -1.48. The van der Waals surface area contributed by atoms with Crippen molar-refractivity contribution in [3.05, 3.63) is 34.9 Å². The second kappa shape index (κ2) is 3.72. The average Bonchev–Trinajstić information content (AvgIpc) is 2.19. The molecule has 0 bridgehead atoms. The predicted octanol–water partition coefficient (Wildman–Crippen LogP) is 2.70. The summed E-state index contributed by atoms with van der Waals surface area (Å²) in [6, 6.07) is 6.95. The molecule has 0 saturated heterocycles. The molecule has 1 aliphatic heterocycles. The molecule has 3 nitrogen and oxygen atoms in total. The molecule has 1 aromatic carbocycles. The quantitative estimate of drug-likeness (QED) is 0.697. The first-order valence-electron chi connectivity index (χ1n) is 4.13. The Morgan fingerprint density at radius 3 is 2.57 bits per heavy atom. The Labute approximate surface area is 86.1 Å². The minimum absolute atomic E-state index is 0.0496. The number of rotatable bonds is 1. The second-order valence-corrected chi connectivity index (χ2v) is 3.36. The van der Waals surface area contributed by atoms with Crippen LogP contribution in [-0.2, 0) is 0 Å². The van der Waals surface area contributed by atoms with Crippen LogP contribution in [0.1, 0.15) is 11.5 Å². The summed E-state index contributed by atoms with van der Waals surface area (Å²) in [7, 11) is 0. The Morgan fingerprint density at radius 2 is 1.93 bits per heavy atom. The lowest BCUT2D eigenvalue weighted by Gasteiger charge is -2.08. The highest BCUT2D eigenvalue weighted by molar-refractivity contribution is 6.30.